The SMILES string of the molecule is Cc1ccc(N2C(=O)C(Cl)=C(Nc3cccc(C(=O)N4CCCCC4C)c3)C2=O)c(C)c1. The number of likely N-dealkylation sites (tertiary alicyclic amines) is 1. The molecule has 0 aromatic heterocycles. The molecule has 2 aromatic carbocycles. The van der Waals surface area contributed by atoms with Crippen molar-refractivity contribution in [2.75, 3.05) is 16.8 Å². The maximum atomic E-state index is 13.1. The standard InChI is InChI=1S/C25H26ClN3O3/c1-15-10-11-20(16(2)13-15)29-24(31)21(26)22(25(29)32)27-19-9-6-8-18(14-19)23(30)28-12-5-4-7-17(28)3/h6,8-11,13-14,17,27H,4-5,7,12H2,1-3H3. The monoisotopic (exact) mass is 451 g/mol. The van der Waals surface area contributed by atoms with Crippen molar-refractivity contribution < 1.29 is 14.4 Å². The molecule has 6 nitrogen and oxygen atoms in total. The van der Waals surface area contributed by atoms with E-state index in [0.29, 0.717) is 16.9 Å². The number of hydrogen-bond acceptors (Lipinski definition) is 4. The molecule has 0 radical (unpaired) electrons. The first-order chi connectivity index (χ1) is 15.3. The molecular formula is C25H26ClN3O3. The number of nitrogens with zero attached hydrogens (tertiary/aromatic N) is 2. The van der Waals surface area contributed by atoms with E-state index < -0.39 is 11.8 Å². The zero-order chi connectivity index (χ0) is 23.0. The summed E-state index contributed by atoms with van der Waals surface area (Å²) in [7, 11) is 0. The minimum absolute atomic E-state index is 0.00702. The second-order valence-electron chi connectivity index (χ2n) is 8.47. The molecule has 2 heterocycles. The third kappa shape index (κ3) is 4.02. The molecule has 166 valence electrons. The first-order valence-electron chi connectivity index (χ1n) is 10.8. The van der Waals surface area contributed by atoms with E-state index in [0.717, 1.165) is 41.8 Å². The van der Waals surface area contributed by atoms with E-state index in [2.05, 4.69) is 12.2 Å². The lowest BCUT2D eigenvalue weighted by Gasteiger charge is -2.33. The zero-order valence-electron chi connectivity index (χ0n) is 18.4. The van der Waals surface area contributed by atoms with Crippen LogP contribution in [0.5, 0.6) is 0 Å². The van der Waals surface area contributed by atoms with Gasteiger partial charge in [0.25, 0.3) is 17.7 Å². The molecule has 2 aromatic rings. The van der Waals surface area contributed by atoms with Crippen molar-refractivity contribution in [3.8, 4) is 0 Å². The Morgan fingerprint density at radius 3 is 2.56 bits per heavy atom. The lowest BCUT2D eigenvalue weighted by atomic mass is 10.0. The Labute approximate surface area is 192 Å². The van der Waals surface area contributed by atoms with Gasteiger partial charge in [-0.1, -0.05) is 35.4 Å². The molecule has 4 rings (SSSR count). The van der Waals surface area contributed by atoms with Gasteiger partial charge < -0.3 is 10.2 Å². The highest BCUT2D eigenvalue weighted by atomic mass is 35.5. The van der Waals surface area contributed by atoms with Gasteiger partial charge in [-0.2, -0.15) is 0 Å². The van der Waals surface area contributed by atoms with Crippen LogP contribution >= 0.6 is 11.6 Å². The summed E-state index contributed by atoms with van der Waals surface area (Å²) in [5.74, 6) is -1.12. The third-order valence-corrected chi connectivity index (χ3v) is 6.41. The highest BCUT2D eigenvalue weighted by molar-refractivity contribution is 6.53. The number of imide groups is 1. The van der Waals surface area contributed by atoms with Crippen LogP contribution in [0.25, 0.3) is 0 Å². The van der Waals surface area contributed by atoms with Crippen LogP contribution in [0.4, 0.5) is 11.4 Å². The summed E-state index contributed by atoms with van der Waals surface area (Å²) in [5.41, 5.74) is 3.41. The second-order valence-corrected chi connectivity index (χ2v) is 8.85. The maximum Gasteiger partial charge on any atom is 0.283 e. The van der Waals surface area contributed by atoms with E-state index >= 15 is 0 Å². The molecule has 1 fully saturated rings. The van der Waals surface area contributed by atoms with Gasteiger partial charge in [-0.3, -0.25) is 14.4 Å². The molecular weight excluding hydrogens is 426 g/mol. The zero-order valence-corrected chi connectivity index (χ0v) is 19.2. The Morgan fingerprint density at radius 2 is 1.84 bits per heavy atom. The van der Waals surface area contributed by atoms with E-state index in [1.54, 1.807) is 30.3 Å². The molecule has 2 aliphatic rings. The van der Waals surface area contributed by atoms with Crippen molar-refractivity contribution in [1.29, 1.82) is 0 Å². The maximum absolute atomic E-state index is 13.1. The Bertz CT molecular complexity index is 1140. The van der Waals surface area contributed by atoms with E-state index in [9.17, 15) is 14.4 Å². The molecule has 3 amide bonds. The number of carbonyl (C=O) groups is 3. The molecule has 0 spiro atoms. The summed E-state index contributed by atoms with van der Waals surface area (Å²) < 4.78 is 0. The first-order valence-corrected chi connectivity index (χ1v) is 11.2. The van der Waals surface area contributed by atoms with E-state index in [1.807, 2.05) is 30.9 Å². The van der Waals surface area contributed by atoms with Gasteiger partial charge in [0.05, 0.1) is 5.69 Å². The van der Waals surface area contributed by atoms with Gasteiger partial charge in [0, 0.05) is 23.8 Å². The molecule has 0 saturated carbocycles. The average Bonchev–Trinajstić information content (AvgIpc) is 2.97. The number of carbonyl (C=O) groups excluding carboxylic acids is 3. The van der Waals surface area contributed by atoms with Gasteiger partial charge in [-0.05, 0) is 69.9 Å². The summed E-state index contributed by atoms with van der Waals surface area (Å²) >= 11 is 6.27. The number of amides is 3. The Hall–Kier alpha value is -3.12. The number of anilines is 2. The number of hydrogen-bond donors (Lipinski definition) is 1. The normalized spacial score (nSPS) is 19.1. The van der Waals surface area contributed by atoms with Crippen molar-refractivity contribution in [1.82, 2.24) is 4.90 Å². The minimum Gasteiger partial charge on any atom is -0.350 e. The average molecular weight is 452 g/mol. The van der Waals surface area contributed by atoms with Crippen LogP contribution in [-0.2, 0) is 9.59 Å². The van der Waals surface area contributed by atoms with Crippen LogP contribution in [0.1, 0.15) is 47.7 Å². The van der Waals surface area contributed by atoms with Gasteiger partial charge in [0.1, 0.15) is 10.7 Å². The summed E-state index contributed by atoms with van der Waals surface area (Å²) in [4.78, 5) is 41.9. The molecule has 0 aliphatic carbocycles. The number of halogens is 1. The highest BCUT2D eigenvalue weighted by Gasteiger charge is 2.39. The van der Waals surface area contributed by atoms with Crippen molar-refractivity contribution >= 4 is 40.7 Å². The van der Waals surface area contributed by atoms with Gasteiger partial charge in [0.15, 0.2) is 0 Å². The third-order valence-electron chi connectivity index (χ3n) is 6.06. The van der Waals surface area contributed by atoms with Crippen molar-refractivity contribution in [2.45, 2.75) is 46.1 Å². The fraction of sp³-hybridized carbons (Fsp3) is 0.320. The smallest absolute Gasteiger partial charge is 0.283 e. The fourth-order valence-electron chi connectivity index (χ4n) is 4.33. The van der Waals surface area contributed by atoms with E-state index in [1.165, 1.54) is 0 Å². The lowest BCUT2D eigenvalue weighted by molar-refractivity contribution is -0.120. The van der Waals surface area contributed by atoms with Crippen molar-refractivity contribution in [3.05, 3.63) is 69.9 Å². The van der Waals surface area contributed by atoms with Crippen LogP contribution in [0, 0.1) is 13.8 Å². The number of benzene rings is 2. The van der Waals surface area contributed by atoms with Crippen molar-refractivity contribution in [3.63, 3.8) is 0 Å². The summed E-state index contributed by atoms with van der Waals surface area (Å²) in [6, 6.07) is 12.6. The summed E-state index contributed by atoms with van der Waals surface area (Å²) in [6.07, 6.45) is 3.13. The first kappa shape index (κ1) is 22.1. The molecule has 1 N–H and O–H groups in total. The Kier molecular flexibility index (Phi) is 6.07. The van der Waals surface area contributed by atoms with Crippen LogP contribution < -0.4 is 10.2 Å². The quantitative estimate of drug-likeness (QED) is 0.681. The van der Waals surface area contributed by atoms with Gasteiger partial charge in [-0.25, -0.2) is 4.90 Å². The highest BCUT2D eigenvalue weighted by Crippen LogP contribution is 2.32. The van der Waals surface area contributed by atoms with Crippen LogP contribution in [0.3, 0.4) is 0 Å². The predicted molar refractivity (Wildman–Crippen MR) is 126 cm³/mol. The molecule has 1 saturated heterocycles. The predicted octanol–water partition coefficient (Wildman–Crippen LogP) is 4.75. The molecule has 1 atom stereocenters. The Balaban J connectivity index is 1.58. The van der Waals surface area contributed by atoms with Crippen LogP contribution in [-0.4, -0.2) is 35.2 Å². The van der Waals surface area contributed by atoms with E-state index in [-0.39, 0.29) is 22.7 Å². The van der Waals surface area contributed by atoms with Gasteiger partial charge in [0.2, 0.25) is 0 Å². The molecule has 32 heavy (non-hydrogen) atoms. The van der Waals surface area contributed by atoms with Gasteiger partial charge in [-0.15, -0.1) is 0 Å². The number of aryl methyl sites for hydroxylation is 2. The van der Waals surface area contributed by atoms with Gasteiger partial charge >= 0.3 is 0 Å². The minimum atomic E-state index is -0.569. The second kappa shape index (κ2) is 8.79. The Morgan fingerprint density at radius 1 is 1.06 bits per heavy atom. The number of piperidine rings is 1. The lowest BCUT2D eigenvalue weighted by Crippen LogP contribution is -2.42. The van der Waals surface area contributed by atoms with E-state index in [4.69, 9.17) is 11.6 Å². The number of rotatable bonds is 4. The van der Waals surface area contributed by atoms with Crippen molar-refractivity contribution in [2.24, 2.45) is 0 Å². The molecule has 1 unspecified atom stereocenters. The topological polar surface area (TPSA) is 69.7 Å². The van der Waals surface area contributed by atoms with Crippen LogP contribution in [0.15, 0.2) is 53.2 Å². The molecule has 7 heteroatoms. The molecule has 0 bridgehead atoms. The summed E-state index contributed by atoms with van der Waals surface area (Å²) in [6.45, 7) is 6.60. The molecule has 2 aliphatic heterocycles. The number of nitrogens with one attached hydrogen (secondary N) is 1. The van der Waals surface area contributed by atoms with Crippen LogP contribution in [0.2, 0.25) is 0 Å². The summed E-state index contributed by atoms with van der Waals surface area (Å²) in [5, 5.41) is 2.81. The largest absolute Gasteiger partial charge is 0.350 e. The fourth-order valence-corrected chi connectivity index (χ4v) is 4.54.